The smallest absolute Gasteiger partial charge is 0.225 e. The summed E-state index contributed by atoms with van der Waals surface area (Å²) in [7, 11) is 0. The molecule has 0 heterocycles. The first-order valence-corrected chi connectivity index (χ1v) is 8.46. The first-order chi connectivity index (χ1) is 11.2. The standard InChI is InChI=1S/C19H18N2OS/c20-16-6-9-18(10-7-16)23-12-11-19(22)21-17-8-5-14-3-1-2-4-15(14)13-17/h1-10,13H,11-12,20H2,(H,21,22). The number of fused-ring (bicyclic) bond motifs is 1. The van der Waals surface area contributed by atoms with Gasteiger partial charge in [-0.25, -0.2) is 0 Å². The van der Waals surface area contributed by atoms with Crippen LogP contribution >= 0.6 is 11.8 Å². The maximum Gasteiger partial charge on any atom is 0.225 e. The van der Waals surface area contributed by atoms with Crippen LogP contribution < -0.4 is 11.1 Å². The van der Waals surface area contributed by atoms with Gasteiger partial charge in [-0.1, -0.05) is 30.3 Å². The van der Waals surface area contributed by atoms with Gasteiger partial charge in [0.25, 0.3) is 0 Å². The third-order valence-corrected chi connectivity index (χ3v) is 4.52. The molecular weight excluding hydrogens is 304 g/mol. The molecule has 3 nitrogen and oxygen atoms in total. The van der Waals surface area contributed by atoms with Crippen LogP contribution in [0, 0.1) is 0 Å². The third kappa shape index (κ3) is 4.27. The molecular formula is C19H18N2OS. The Kier molecular flexibility index (Phi) is 4.83. The van der Waals surface area contributed by atoms with Crippen LogP contribution in [0.2, 0.25) is 0 Å². The van der Waals surface area contributed by atoms with E-state index in [1.165, 1.54) is 5.39 Å². The lowest BCUT2D eigenvalue weighted by molar-refractivity contribution is -0.115. The van der Waals surface area contributed by atoms with E-state index in [1.54, 1.807) is 11.8 Å². The topological polar surface area (TPSA) is 55.1 Å². The fraction of sp³-hybridized carbons (Fsp3) is 0.105. The summed E-state index contributed by atoms with van der Waals surface area (Å²) < 4.78 is 0. The Hall–Kier alpha value is -2.46. The van der Waals surface area contributed by atoms with Crippen molar-refractivity contribution in [3.63, 3.8) is 0 Å². The highest BCUT2D eigenvalue weighted by molar-refractivity contribution is 7.99. The lowest BCUT2D eigenvalue weighted by Crippen LogP contribution is -2.12. The summed E-state index contributed by atoms with van der Waals surface area (Å²) >= 11 is 1.65. The van der Waals surface area contributed by atoms with Crippen molar-refractivity contribution in [3.8, 4) is 0 Å². The van der Waals surface area contributed by atoms with Gasteiger partial charge in [0.2, 0.25) is 5.91 Å². The zero-order chi connectivity index (χ0) is 16.1. The van der Waals surface area contributed by atoms with Crippen molar-refractivity contribution < 1.29 is 4.79 Å². The Morgan fingerprint density at radius 1 is 0.957 bits per heavy atom. The molecule has 0 fully saturated rings. The van der Waals surface area contributed by atoms with Gasteiger partial charge < -0.3 is 11.1 Å². The first kappa shape index (κ1) is 15.4. The van der Waals surface area contributed by atoms with Gasteiger partial charge in [0.05, 0.1) is 0 Å². The van der Waals surface area contributed by atoms with Crippen molar-refractivity contribution in [1.29, 1.82) is 0 Å². The van der Waals surface area contributed by atoms with Gasteiger partial charge in [-0.05, 0) is 47.2 Å². The Labute approximate surface area is 139 Å². The van der Waals surface area contributed by atoms with Crippen LogP contribution in [0.3, 0.4) is 0 Å². The number of nitrogens with two attached hydrogens (primary N) is 1. The van der Waals surface area contributed by atoms with E-state index in [2.05, 4.69) is 11.4 Å². The van der Waals surface area contributed by atoms with Crippen molar-refractivity contribution in [1.82, 2.24) is 0 Å². The molecule has 23 heavy (non-hydrogen) atoms. The lowest BCUT2D eigenvalue weighted by atomic mass is 10.1. The predicted molar refractivity (Wildman–Crippen MR) is 98.8 cm³/mol. The number of carbonyl (C=O) groups is 1. The molecule has 3 rings (SSSR count). The molecule has 0 aliphatic rings. The van der Waals surface area contributed by atoms with Crippen LogP contribution in [0.1, 0.15) is 6.42 Å². The summed E-state index contributed by atoms with van der Waals surface area (Å²) in [5.74, 6) is 0.770. The highest BCUT2D eigenvalue weighted by Gasteiger charge is 2.04. The number of anilines is 2. The number of hydrogen-bond donors (Lipinski definition) is 2. The quantitative estimate of drug-likeness (QED) is 0.535. The van der Waals surface area contributed by atoms with Gasteiger partial charge in [0, 0.05) is 28.4 Å². The molecule has 0 unspecified atom stereocenters. The Morgan fingerprint density at radius 3 is 2.48 bits per heavy atom. The zero-order valence-corrected chi connectivity index (χ0v) is 13.5. The highest BCUT2D eigenvalue weighted by atomic mass is 32.2. The summed E-state index contributed by atoms with van der Waals surface area (Å²) in [4.78, 5) is 13.2. The second kappa shape index (κ2) is 7.20. The molecule has 0 spiro atoms. The fourth-order valence-electron chi connectivity index (χ4n) is 2.32. The summed E-state index contributed by atoms with van der Waals surface area (Å²) in [6.45, 7) is 0. The van der Waals surface area contributed by atoms with Crippen LogP contribution in [0.25, 0.3) is 10.8 Å². The average Bonchev–Trinajstić information content (AvgIpc) is 2.56. The first-order valence-electron chi connectivity index (χ1n) is 7.48. The van der Waals surface area contributed by atoms with Crippen molar-refractivity contribution in [3.05, 3.63) is 66.7 Å². The summed E-state index contributed by atoms with van der Waals surface area (Å²) in [6.07, 6.45) is 0.474. The SMILES string of the molecule is Nc1ccc(SCCC(=O)Nc2ccc3ccccc3c2)cc1. The second-order valence-corrected chi connectivity index (χ2v) is 6.45. The molecule has 3 N–H and O–H groups in total. The second-order valence-electron chi connectivity index (χ2n) is 5.28. The summed E-state index contributed by atoms with van der Waals surface area (Å²) in [5.41, 5.74) is 7.25. The monoisotopic (exact) mass is 322 g/mol. The molecule has 4 heteroatoms. The van der Waals surface area contributed by atoms with E-state index in [4.69, 9.17) is 5.73 Å². The van der Waals surface area contributed by atoms with Crippen molar-refractivity contribution in [2.45, 2.75) is 11.3 Å². The highest BCUT2D eigenvalue weighted by Crippen LogP contribution is 2.21. The minimum absolute atomic E-state index is 0.0308. The van der Waals surface area contributed by atoms with Crippen LogP contribution in [-0.2, 0) is 4.79 Å². The van der Waals surface area contributed by atoms with E-state index in [0.717, 1.165) is 27.4 Å². The predicted octanol–water partition coefficient (Wildman–Crippen LogP) is 4.54. The van der Waals surface area contributed by atoms with E-state index in [-0.39, 0.29) is 5.91 Å². The van der Waals surface area contributed by atoms with Crippen LogP contribution in [0.15, 0.2) is 71.6 Å². The molecule has 116 valence electrons. The Bertz CT molecular complexity index is 815. The Morgan fingerprint density at radius 2 is 1.70 bits per heavy atom. The fourth-order valence-corrected chi connectivity index (χ4v) is 3.17. The normalized spacial score (nSPS) is 10.6. The van der Waals surface area contributed by atoms with Gasteiger partial charge in [-0.2, -0.15) is 0 Å². The number of amides is 1. The van der Waals surface area contributed by atoms with E-state index < -0.39 is 0 Å². The van der Waals surface area contributed by atoms with Crippen LogP contribution in [-0.4, -0.2) is 11.7 Å². The van der Waals surface area contributed by atoms with Gasteiger partial charge in [-0.15, -0.1) is 11.8 Å². The number of carbonyl (C=O) groups excluding carboxylic acids is 1. The molecule has 0 saturated carbocycles. The largest absolute Gasteiger partial charge is 0.399 e. The zero-order valence-electron chi connectivity index (χ0n) is 12.7. The van der Waals surface area contributed by atoms with Gasteiger partial charge in [-0.3, -0.25) is 4.79 Å². The number of benzene rings is 3. The molecule has 0 aliphatic carbocycles. The molecule has 0 saturated heterocycles. The molecule has 0 atom stereocenters. The minimum atomic E-state index is 0.0308. The van der Waals surface area contributed by atoms with E-state index in [1.807, 2.05) is 60.7 Å². The summed E-state index contributed by atoms with van der Waals surface area (Å²) in [6, 6.07) is 21.8. The van der Waals surface area contributed by atoms with Crippen molar-refractivity contribution in [2.24, 2.45) is 0 Å². The molecule has 3 aromatic carbocycles. The van der Waals surface area contributed by atoms with Crippen LogP contribution in [0.5, 0.6) is 0 Å². The lowest BCUT2D eigenvalue weighted by Gasteiger charge is -2.07. The molecule has 0 aliphatic heterocycles. The third-order valence-electron chi connectivity index (χ3n) is 3.51. The minimum Gasteiger partial charge on any atom is -0.399 e. The van der Waals surface area contributed by atoms with Crippen molar-refractivity contribution in [2.75, 3.05) is 16.8 Å². The Balaban J connectivity index is 1.53. The number of nitrogen functional groups attached to an aromatic ring is 1. The maximum absolute atomic E-state index is 12.0. The van der Waals surface area contributed by atoms with Gasteiger partial charge in [0.15, 0.2) is 0 Å². The average molecular weight is 322 g/mol. The number of nitrogens with one attached hydrogen (secondary N) is 1. The molecule has 0 radical (unpaired) electrons. The molecule has 0 bridgehead atoms. The van der Waals surface area contributed by atoms with Gasteiger partial charge >= 0.3 is 0 Å². The van der Waals surface area contributed by atoms with E-state index in [0.29, 0.717) is 6.42 Å². The number of hydrogen-bond acceptors (Lipinski definition) is 3. The van der Waals surface area contributed by atoms with E-state index in [9.17, 15) is 4.79 Å². The van der Waals surface area contributed by atoms with Crippen LogP contribution in [0.4, 0.5) is 11.4 Å². The van der Waals surface area contributed by atoms with E-state index >= 15 is 0 Å². The molecule has 3 aromatic rings. The maximum atomic E-state index is 12.0. The molecule has 0 aromatic heterocycles. The summed E-state index contributed by atoms with van der Waals surface area (Å²) in [5, 5.41) is 5.25. The van der Waals surface area contributed by atoms with Crippen molar-refractivity contribution >= 4 is 39.8 Å². The number of rotatable bonds is 5. The number of thioether (sulfide) groups is 1. The van der Waals surface area contributed by atoms with Gasteiger partial charge in [0.1, 0.15) is 0 Å². The molecule has 1 amide bonds.